The van der Waals surface area contributed by atoms with Gasteiger partial charge in [-0.3, -0.25) is 0 Å². The Morgan fingerprint density at radius 1 is 1.33 bits per heavy atom. The Bertz CT molecular complexity index is 674. The highest BCUT2D eigenvalue weighted by molar-refractivity contribution is 7.13. The van der Waals surface area contributed by atoms with Gasteiger partial charge >= 0.3 is 0 Å². The fourth-order valence-electron chi connectivity index (χ4n) is 1.94. The van der Waals surface area contributed by atoms with E-state index in [1.54, 1.807) is 16.0 Å². The van der Waals surface area contributed by atoms with Crippen LogP contribution in [0.25, 0.3) is 10.7 Å². The Morgan fingerprint density at radius 3 is 3.10 bits per heavy atom. The molecular formula is C13H16N6OS. The minimum atomic E-state index is 0.433. The highest BCUT2D eigenvalue weighted by Crippen LogP contribution is 2.21. The Labute approximate surface area is 125 Å². The molecule has 0 aliphatic carbocycles. The number of hydrogen-bond acceptors (Lipinski definition) is 7. The summed E-state index contributed by atoms with van der Waals surface area (Å²) < 4.78 is 6.95. The molecule has 8 heteroatoms. The van der Waals surface area contributed by atoms with Crippen LogP contribution in [0.5, 0.6) is 0 Å². The average Bonchev–Trinajstić information content (AvgIpc) is 3.20. The van der Waals surface area contributed by atoms with Crippen molar-refractivity contribution in [1.82, 2.24) is 25.1 Å². The van der Waals surface area contributed by atoms with Crippen LogP contribution >= 0.6 is 11.3 Å². The molecule has 21 heavy (non-hydrogen) atoms. The van der Waals surface area contributed by atoms with E-state index in [0.717, 1.165) is 29.8 Å². The molecule has 3 aromatic rings. The molecule has 0 saturated carbocycles. The summed E-state index contributed by atoms with van der Waals surface area (Å²) in [5, 5.41) is 14.2. The lowest BCUT2D eigenvalue weighted by molar-refractivity contribution is 0.364. The van der Waals surface area contributed by atoms with Gasteiger partial charge in [0.2, 0.25) is 11.7 Å². The van der Waals surface area contributed by atoms with E-state index in [4.69, 9.17) is 10.3 Å². The van der Waals surface area contributed by atoms with E-state index < -0.39 is 0 Å². The zero-order valence-electron chi connectivity index (χ0n) is 11.5. The molecule has 0 fully saturated rings. The highest BCUT2D eigenvalue weighted by Gasteiger charge is 2.10. The van der Waals surface area contributed by atoms with Gasteiger partial charge in [0.25, 0.3) is 0 Å². The smallest absolute Gasteiger partial charge is 0.248 e. The van der Waals surface area contributed by atoms with E-state index in [1.165, 1.54) is 0 Å². The summed E-state index contributed by atoms with van der Waals surface area (Å²) in [6.07, 6.45) is 4.83. The van der Waals surface area contributed by atoms with Crippen LogP contribution in [0.15, 0.2) is 28.2 Å². The predicted molar refractivity (Wildman–Crippen MR) is 78.7 cm³/mol. The molecule has 0 spiro atoms. The molecule has 0 unspecified atom stereocenters. The van der Waals surface area contributed by atoms with Crippen LogP contribution in [0, 0.1) is 0 Å². The first-order chi connectivity index (χ1) is 10.3. The van der Waals surface area contributed by atoms with Gasteiger partial charge in [-0.05, 0) is 37.3 Å². The second-order valence-electron chi connectivity index (χ2n) is 4.64. The molecule has 7 nitrogen and oxygen atoms in total. The summed E-state index contributed by atoms with van der Waals surface area (Å²) in [5.74, 6) is 1.14. The zero-order chi connectivity index (χ0) is 14.5. The number of nitrogens with two attached hydrogens (primary N) is 1. The quantitative estimate of drug-likeness (QED) is 0.668. The molecule has 3 rings (SSSR count). The van der Waals surface area contributed by atoms with E-state index in [0.29, 0.717) is 24.8 Å². The maximum Gasteiger partial charge on any atom is 0.248 e. The van der Waals surface area contributed by atoms with E-state index in [-0.39, 0.29) is 0 Å². The molecule has 0 atom stereocenters. The molecule has 3 aromatic heterocycles. The molecule has 2 N–H and O–H groups in total. The fourth-order valence-corrected chi connectivity index (χ4v) is 2.59. The monoisotopic (exact) mass is 304 g/mol. The summed E-state index contributed by atoms with van der Waals surface area (Å²) in [7, 11) is 0. The van der Waals surface area contributed by atoms with Gasteiger partial charge < -0.3 is 10.3 Å². The van der Waals surface area contributed by atoms with Gasteiger partial charge in [0, 0.05) is 6.20 Å². The summed E-state index contributed by atoms with van der Waals surface area (Å²) in [6.45, 7) is 1.14. The second kappa shape index (κ2) is 6.59. The third-order valence-corrected chi connectivity index (χ3v) is 3.85. The lowest BCUT2D eigenvalue weighted by Crippen LogP contribution is -2.00. The Kier molecular flexibility index (Phi) is 4.37. The topological polar surface area (TPSA) is 95.7 Å². The third-order valence-electron chi connectivity index (χ3n) is 2.98. The highest BCUT2D eigenvalue weighted by atomic mass is 32.1. The molecule has 0 aliphatic heterocycles. The van der Waals surface area contributed by atoms with Crippen LogP contribution in [0.1, 0.15) is 24.4 Å². The van der Waals surface area contributed by atoms with Crippen LogP contribution in [0.4, 0.5) is 0 Å². The Hall–Kier alpha value is -2.06. The zero-order valence-corrected chi connectivity index (χ0v) is 12.3. The first kappa shape index (κ1) is 13.9. The Balaban J connectivity index is 1.61. The summed E-state index contributed by atoms with van der Waals surface area (Å²) in [6, 6.07) is 3.92. The van der Waals surface area contributed by atoms with Crippen molar-refractivity contribution in [3.8, 4) is 10.7 Å². The van der Waals surface area contributed by atoms with Crippen molar-refractivity contribution in [2.75, 3.05) is 6.54 Å². The van der Waals surface area contributed by atoms with Gasteiger partial charge in [-0.2, -0.15) is 4.98 Å². The van der Waals surface area contributed by atoms with Gasteiger partial charge in [0.1, 0.15) is 6.54 Å². The number of nitrogens with zero attached hydrogens (tertiary/aromatic N) is 5. The molecule has 0 amide bonds. The van der Waals surface area contributed by atoms with Gasteiger partial charge in [-0.1, -0.05) is 16.4 Å². The van der Waals surface area contributed by atoms with Crippen molar-refractivity contribution in [2.24, 2.45) is 5.73 Å². The van der Waals surface area contributed by atoms with Crippen LogP contribution in [-0.2, 0) is 13.0 Å². The van der Waals surface area contributed by atoms with E-state index in [9.17, 15) is 0 Å². The van der Waals surface area contributed by atoms with Crippen molar-refractivity contribution in [1.29, 1.82) is 0 Å². The van der Waals surface area contributed by atoms with Crippen molar-refractivity contribution in [3.63, 3.8) is 0 Å². The lowest BCUT2D eigenvalue weighted by atomic mass is 10.2. The van der Waals surface area contributed by atoms with Crippen molar-refractivity contribution in [3.05, 3.63) is 35.3 Å². The number of rotatable bonds is 7. The standard InChI is InChI=1S/C13H16N6OS/c14-6-2-1-4-10-8-19(18-16-10)9-12-15-13(17-20-12)11-5-3-7-21-11/h3,5,7-8H,1-2,4,6,9,14H2. The Morgan fingerprint density at radius 2 is 2.29 bits per heavy atom. The number of hydrogen-bond donors (Lipinski definition) is 1. The largest absolute Gasteiger partial charge is 0.337 e. The summed E-state index contributed by atoms with van der Waals surface area (Å²) in [4.78, 5) is 5.35. The first-order valence-electron chi connectivity index (χ1n) is 6.80. The minimum Gasteiger partial charge on any atom is -0.337 e. The van der Waals surface area contributed by atoms with E-state index in [1.807, 2.05) is 23.7 Å². The predicted octanol–water partition coefficient (Wildman–Crippen LogP) is 1.72. The number of aromatic nitrogens is 5. The lowest BCUT2D eigenvalue weighted by Gasteiger charge is -1.94. The number of aryl methyl sites for hydroxylation is 1. The van der Waals surface area contributed by atoms with Gasteiger partial charge in [0.05, 0.1) is 10.6 Å². The van der Waals surface area contributed by atoms with Crippen LogP contribution in [-0.4, -0.2) is 31.7 Å². The van der Waals surface area contributed by atoms with Crippen molar-refractivity contribution >= 4 is 11.3 Å². The summed E-state index contributed by atoms with van der Waals surface area (Å²) >= 11 is 1.58. The molecule has 110 valence electrons. The van der Waals surface area contributed by atoms with Crippen molar-refractivity contribution in [2.45, 2.75) is 25.8 Å². The number of unbranched alkanes of at least 4 members (excludes halogenated alkanes) is 1. The molecule has 0 aliphatic rings. The normalized spacial score (nSPS) is 11.1. The van der Waals surface area contributed by atoms with E-state index in [2.05, 4.69) is 20.5 Å². The van der Waals surface area contributed by atoms with Crippen molar-refractivity contribution < 1.29 is 4.52 Å². The number of thiophene rings is 1. The second-order valence-corrected chi connectivity index (χ2v) is 5.59. The maximum absolute atomic E-state index is 5.47. The van der Waals surface area contributed by atoms with Crippen LogP contribution < -0.4 is 5.73 Å². The molecular weight excluding hydrogens is 288 g/mol. The molecule has 0 bridgehead atoms. The van der Waals surface area contributed by atoms with Crippen LogP contribution in [0.2, 0.25) is 0 Å². The molecule has 0 saturated heterocycles. The van der Waals surface area contributed by atoms with Gasteiger partial charge in [-0.25, -0.2) is 4.68 Å². The van der Waals surface area contributed by atoms with Crippen LogP contribution in [0.3, 0.4) is 0 Å². The molecule has 0 aromatic carbocycles. The maximum atomic E-state index is 5.47. The fraction of sp³-hybridized carbons (Fsp3) is 0.385. The first-order valence-corrected chi connectivity index (χ1v) is 7.68. The molecule has 3 heterocycles. The van der Waals surface area contributed by atoms with Gasteiger partial charge in [-0.15, -0.1) is 16.4 Å². The average molecular weight is 304 g/mol. The van der Waals surface area contributed by atoms with E-state index >= 15 is 0 Å². The minimum absolute atomic E-state index is 0.433. The third kappa shape index (κ3) is 3.53. The SMILES string of the molecule is NCCCCc1cn(Cc2nc(-c3cccs3)no2)nn1. The molecule has 0 radical (unpaired) electrons. The summed E-state index contributed by atoms with van der Waals surface area (Å²) in [5.41, 5.74) is 6.43. The van der Waals surface area contributed by atoms with Gasteiger partial charge in [0.15, 0.2) is 0 Å².